The maximum Gasteiger partial charge on any atom is 0.313 e. The number of halogens is 2. The SMILES string of the molecule is O=C(O)C(CF)c1ccc(Cl)cc1. The highest BCUT2D eigenvalue weighted by molar-refractivity contribution is 6.30. The van der Waals surface area contributed by atoms with Crippen LogP contribution in [0.1, 0.15) is 11.5 Å². The van der Waals surface area contributed by atoms with E-state index in [2.05, 4.69) is 0 Å². The van der Waals surface area contributed by atoms with Crippen LogP contribution < -0.4 is 0 Å². The Kier molecular flexibility index (Phi) is 3.25. The summed E-state index contributed by atoms with van der Waals surface area (Å²) >= 11 is 5.60. The van der Waals surface area contributed by atoms with Gasteiger partial charge < -0.3 is 5.11 Å². The van der Waals surface area contributed by atoms with Crippen molar-refractivity contribution in [3.8, 4) is 0 Å². The summed E-state index contributed by atoms with van der Waals surface area (Å²) < 4.78 is 12.3. The molecule has 13 heavy (non-hydrogen) atoms. The average molecular weight is 203 g/mol. The van der Waals surface area contributed by atoms with E-state index in [0.717, 1.165) is 0 Å². The van der Waals surface area contributed by atoms with Gasteiger partial charge in [-0.1, -0.05) is 23.7 Å². The van der Waals surface area contributed by atoms with E-state index >= 15 is 0 Å². The fraction of sp³-hybridized carbons (Fsp3) is 0.222. The van der Waals surface area contributed by atoms with Crippen LogP contribution in [-0.4, -0.2) is 17.8 Å². The minimum Gasteiger partial charge on any atom is -0.481 e. The van der Waals surface area contributed by atoms with E-state index in [0.29, 0.717) is 10.6 Å². The standard InChI is InChI=1S/C9H8ClFO2/c10-7-3-1-6(2-4-7)8(5-11)9(12)13/h1-4,8H,5H2,(H,12,13). The molecule has 1 aromatic rings. The summed E-state index contributed by atoms with van der Waals surface area (Å²) in [7, 11) is 0. The number of carboxylic acid groups (broad SMARTS) is 1. The number of alkyl halides is 1. The number of hydrogen-bond donors (Lipinski definition) is 1. The molecule has 0 saturated carbocycles. The molecule has 0 aromatic heterocycles. The van der Waals surface area contributed by atoms with Crippen LogP contribution in [-0.2, 0) is 4.79 Å². The highest BCUT2D eigenvalue weighted by atomic mass is 35.5. The van der Waals surface area contributed by atoms with E-state index in [1.807, 2.05) is 0 Å². The van der Waals surface area contributed by atoms with E-state index in [-0.39, 0.29) is 0 Å². The Balaban J connectivity index is 2.92. The van der Waals surface area contributed by atoms with Gasteiger partial charge in [0.1, 0.15) is 12.6 Å². The molecule has 0 aliphatic heterocycles. The maximum atomic E-state index is 12.3. The predicted molar refractivity (Wildman–Crippen MR) is 47.8 cm³/mol. The third-order valence-electron chi connectivity index (χ3n) is 1.72. The van der Waals surface area contributed by atoms with Crippen LogP contribution in [0.4, 0.5) is 4.39 Å². The summed E-state index contributed by atoms with van der Waals surface area (Å²) in [6.07, 6.45) is 0. The largest absolute Gasteiger partial charge is 0.481 e. The van der Waals surface area contributed by atoms with Crippen molar-refractivity contribution in [3.63, 3.8) is 0 Å². The van der Waals surface area contributed by atoms with E-state index in [4.69, 9.17) is 16.7 Å². The summed E-state index contributed by atoms with van der Waals surface area (Å²) in [5, 5.41) is 9.13. The monoisotopic (exact) mass is 202 g/mol. The van der Waals surface area contributed by atoms with Crippen LogP contribution in [0.2, 0.25) is 5.02 Å². The minimum absolute atomic E-state index is 0.430. The Hall–Kier alpha value is -1.09. The topological polar surface area (TPSA) is 37.3 Å². The predicted octanol–water partition coefficient (Wildman–Crippen LogP) is 2.48. The van der Waals surface area contributed by atoms with Gasteiger partial charge in [0, 0.05) is 5.02 Å². The van der Waals surface area contributed by atoms with Gasteiger partial charge in [0.25, 0.3) is 0 Å². The summed E-state index contributed by atoms with van der Waals surface area (Å²) in [5.41, 5.74) is 0.430. The molecule has 1 unspecified atom stereocenters. The first-order valence-corrected chi connectivity index (χ1v) is 4.07. The van der Waals surface area contributed by atoms with Crippen molar-refractivity contribution in [1.82, 2.24) is 0 Å². The van der Waals surface area contributed by atoms with Gasteiger partial charge in [-0.05, 0) is 17.7 Å². The zero-order chi connectivity index (χ0) is 9.84. The lowest BCUT2D eigenvalue weighted by Crippen LogP contribution is -2.13. The minimum atomic E-state index is -1.16. The van der Waals surface area contributed by atoms with Crippen LogP contribution in [0.5, 0.6) is 0 Å². The molecule has 1 rings (SSSR count). The van der Waals surface area contributed by atoms with Crippen molar-refractivity contribution in [3.05, 3.63) is 34.9 Å². The van der Waals surface area contributed by atoms with Crippen LogP contribution in [0, 0.1) is 0 Å². The molecule has 0 aliphatic carbocycles. The van der Waals surface area contributed by atoms with Crippen molar-refractivity contribution in [2.24, 2.45) is 0 Å². The Morgan fingerprint density at radius 1 is 1.46 bits per heavy atom. The van der Waals surface area contributed by atoms with Gasteiger partial charge in [-0.3, -0.25) is 4.79 Å². The molecule has 0 fully saturated rings. The zero-order valence-corrected chi connectivity index (χ0v) is 7.46. The molecule has 0 saturated heterocycles. The second kappa shape index (κ2) is 4.23. The normalized spacial score (nSPS) is 12.5. The number of carboxylic acids is 1. The molecule has 1 aromatic carbocycles. The number of rotatable bonds is 3. The van der Waals surface area contributed by atoms with Gasteiger partial charge >= 0.3 is 5.97 Å². The first-order chi connectivity index (χ1) is 6.15. The number of benzene rings is 1. The smallest absolute Gasteiger partial charge is 0.313 e. The van der Waals surface area contributed by atoms with Crippen LogP contribution >= 0.6 is 11.6 Å². The highest BCUT2D eigenvalue weighted by Crippen LogP contribution is 2.19. The van der Waals surface area contributed by atoms with Crippen LogP contribution in [0.25, 0.3) is 0 Å². The third kappa shape index (κ3) is 2.42. The van der Waals surface area contributed by atoms with Gasteiger partial charge in [0.05, 0.1) is 0 Å². The lowest BCUT2D eigenvalue weighted by Gasteiger charge is -2.07. The average Bonchev–Trinajstić information content (AvgIpc) is 2.09. The lowest BCUT2D eigenvalue weighted by atomic mass is 10.0. The molecular weight excluding hydrogens is 195 g/mol. The fourth-order valence-corrected chi connectivity index (χ4v) is 1.12. The molecular formula is C9H8ClFO2. The first-order valence-electron chi connectivity index (χ1n) is 3.69. The summed E-state index contributed by atoms with van der Waals surface area (Å²) in [6, 6.07) is 6.12. The molecule has 2 nitrogen and oxygen atoms in total. The number of hydrogen-bond acceptors (Lipinski definition) is 1. The Labute approximate surface area is 80.0 Å². The number of aliphatic carboxylic acids is 1. The van der Waals surface area contributed by atoms with E-state index in [1.54, 1.807) is 12.1 Å². The molecule has 0 spiro atoms. The van der Waals surface area contributed by atoms with E-state index in [9.17, 15) is 9.18 Å². The van der Waals surface area contributed by atoms with Crippen molar-refractivity contribution < 1.29 is 14.3 Å². The molecule has 1 atom stereocenters. The van der Waals surface area contributed by atoms with Crippen LogP contribution in [0.3, 0.4) is 0 Å². The Morgan fingerprint density at radius 3 is 2.38 bits per heavy atom. The third-order valence-corrected chi connectivity index (χ3v) is 1.98. The van der Waals surface area contributed by atoms with E-state index in [1.165, 1.54) is 12.1 Å². The van der Waals surface area contributed by atoms with E-state index < -0.39 is 18.6 Å². The second-order valence-electron chi connectivity index (χ2n) is 2.60. The molecule has 0 aliphatic rings. The van der Waals surface area contributed by atoms with Crippen molar-refractivity contribution in [2.75, 3.05) is 6.67 Å². The highest BCUT2D eigenvalue weighted by Gasteiger charge is 2.18. The first kappa shape index (κ1) is 9.99. The van der Waals surface area contributed by atoms with Gasteiger partial charge in [0.2, 0.25) is 0 Å². The molecule has 0 heterocycles. The van der Waals surface area contributed by atoms with Crippen LogP contribution in [0.15, 0.2) is 24.3 Å². The molecule has 4 heteroatoms. The maximum absolute atomic E-state index is 12.3. The molecule has 70 valence electrons. The quantitative estimate of drug-likeness (QED) is 0.818. The molecule has 0 bridgehead atoms. The van der Waals surface area contributed by atoms with Crippen molar-refractivity contribution >= 4 is 17.6 Å². The molecule has 1 N–H and O–H groups in total. The summed E-state index contributed by atoms with van der Waals surface area (Å²) in [5.74, 6) is -2.25. The molecule has 0 amide bonds. The van der Waals surface area contributed by atoms with Crippen molar-refractivity contribution in [2.45, 2.75) is 5.92 Å². The summed E-state index contributed by atoms with van der Waals surface area (Å²) in [4.78, 5) is 10.5. The van der Waals surface area contributed by atoms with Gasteiger partial charge in [-0.25, -0.2) is 4.39 Å². The molecule has 0 radical (unpaired) electrons. The Morgan fingerprint density at radius 2 is 2.00 bits per heavy atom. The Bertz CT molecular complexity index is 297. The van der Waals surface area contributed by atoms with Gasteiger partial charge in [-0.15, -0.1) is 0 Å². The van der Waals surface area contributed by atoms with Crippen molar-refractivity contribution in [1.29, 1.82) is 0 Å². The van der Waals surface area contributed by atoms with Gasteiger partial charge in [-0.2, -0.15) is 0 Å². The lowest BCUT2D eigenvalue weighted by molar-refractivity contribution is -0.139. The fourth-order valence-electron chi connectivity index (χ4n) is 0.993. The second-order valence-corrected chi connectivity index (χ2v) is 3.03. The number of carbonyl (C=O) groups is 1. The zero-order valence-electron chi connectivity index (χ0n) is 6.71. The summed E-state index contributed by atoms with van der Waals surface area (Å²) in [6.45, 7) is -0.906. The van der Waals surface area contributed by atoms with Gasteiger partial charge in [0.15, 0.2) is 0 Å².